The van der Waals surface area contributed by atoms with Gasteiger partial charge in [-0.3, -0.25) is 5.43 Å². The number of nitrogen functional groups attached to an aromatic ring is 1. The minimum atomic E-state index is 0.295. The summed E-state index contributed by atoms with van der Waals surface area (Å²) in [6.45, 7) is 0.526. The van der Waals surface area contributed by atoms with E-state index in [1.54, 1.807) is 24.3 Å². The molecule has 0 saturated heterocycles. The topological polar surface area (TPSA) is 114 Å². The molecule has 0 fully saturated rings. The predicted octanol–water partition coefficient (Wildman–Crippen LogP) is 0.239. The molecule has 9 nitrogen and oxygen atoms in total. The highest BCUT2D eigenvalue weighted by atomic mass is 16.5. The lowest BCUT2D eigenvalue weighted by molar-refractivity contribution is 0.397. The first-order valence-corrected chi connectivity index (χ1v) is 6.25. The molecule has 0 spiro atoms. The van der Waals surface area contributed by atoms with E-state index in [0.717, 1.165) is 5.56 Å². The van der Waals surface area contributed by atoms with Crippen molar-refractivity contribution in [2.45, 2.75) is 6.54 Å². The molecule has 0 radical (unpaired) electrons. The van der Waals surface area contributed by atoms with Gasteiger partial charge in [0.1, 0.15) is 0 Å². The maximum Gasteiger partial charge on any atom is 0.243 e. The van der Waals surface area contributed by atoms with Crippen LogP contribution in [0, 0.1) is 0 Å². The Bertz CT molecular complexity index is 586. The summed E-state index contributed by atoms with van der Waals surface area (Å²) in [5.41, 5.74) is 3.39. The Labute approximate surface area is 122 Å². The summed E-state index contributed by atoms with van der Waals surface area (Å²) in [5.74, 6) is 7.16. The highest BCUT2D eigenvalue weighted by Gasteiger charge is 2.07. The van der Waals surface area contributed by atoms with Gasteiger partial charge in [0, 0.05) is 32.9 Å². The average molecular weight is 290 g/mol. The first kappa shape index (κ1) is 14.7. The van der Waals surface area contributed by atoms with Gasteiger partial charge >= 0.3 is 0 Å². The zero-order valence-corrected chi connectivity index (χ0v) is 12.2. The Morgan fingerprint density at radius 1 is 1.19 bits per heavy atom. The molecule has 0 aromatic carbocycles. The molecule has 21 heavy (non-hydrogen) atoms. The van der Waals surface area contributed by atoms with Crippen molar-refractivity contribution in [3.63, 3.8) is 0 Å². The van der Waals surface area contributed by atoms with Gasteiger partial charge in [0.15, 0.2) is 0 Å². The summed E-state index contributed by atoms with van der Waals surface area (Å²) in [4.78, 5) is 18.5. The smallest absolute Gasteiger partial charge is 0.243 e. The van der Waals surface area contributed by atoms with Gasteiger partial charge in [-0.15, -0.1) is 0 Å². The number of rotatable bonds is 6. The van der Waals surface area contributed by atoms with Crippen LogP contribution < -0.4 is 26.2 Å². The van der Waals surface area contributed by atoms with E-state index < -0.39 is 0 Å². The van der Waals surface area contributed by atoms with Crippen molar-refractivity contribution in [3.8, 4) is 5.88 Å². The molecule has 0 atom stereocenters. The van der Waals surface area contributed by atoms with Gasteiger partial charge < -0.3 is 15.0 Å². The number of pyridine rings is 1. The average Bonchev–Trinajstić information content (AvgIpc) is 2.53. The largest absolute Gasteiger partial charge is 0.481 e. The predicted molar refractivity (Wildman–Crippen MR) is 80.1 cm³/mol. The number of ether oxygens (including phenoxy) is 1. The van der Waals surface area contributed by atoms with Crippen LogP contribution in [0.25, 0.3) is 0 Å². The van der Waals surface area contributed by atoms with Crippen molar-refractivity contribution in [2.75, 3.05) is 36.8 Å². The van der Waals surface area contributed by atoms with Crippen LogP contribution in [0.15, 0.2) is 18.3 Å². The van der Waals surface area contributed by atoms with Crippen LogP contribution in [0.5, 0.6) is 5.88 Å². The number of nitrogens with zero attached hydrogens (tertiary/aromatic N) is 5. The van der Waals surface area contributed by atoms with E-state index >= 15 is 0 Å². The fourth-order valence-corrected chi connectivity index (χ4v) is 1.53. The van der Waals surface area contributed by atoms with E-state index in [-0.39, 0.29) is 0 Å². The van der Waals surface area contributed by atoms with E-state index in [4.69, 9.17) is 10.6 Å². The number of nitrogens with two attached hydrogens (primary N) is 1. The monoisotopic (exact) mass is 290 g/mol. The van der Waals surface area contributed by atoms with Crippen LogP contribution in [-0.2, 0) is 6.54 Å². The number of hydrogen-bond donors (Lipinski definition) is 3. The highest BCUT2D eigenvalue weighted by Crippen LogP contribution is 2.12. The van der Waals surface area contributed by atoms with Gasteiger partial charge in [-0.2, -0.15) is 15.0 Å². The molecule has 4 N–H and O–H groups in total. The molecular formula is C12H18N8O. The summed E-state index contributed by atoms with van der Waals surface area (Å²) in [7, 11) is 5.26. The minimum absolute atomic E-state index is 0.295. The molecule has 0 saturated carbocycles. The van der Waals surface area contributed by atoms with Crippen molar-refractivity contribution < 1.29 is 4.74 Å². The van der Waals surface area contributed by atoms with E-state index in [2.05, 4.69) is 30.7 Å². The molecule has 0 unspecified atom stereocenters. The molecule has 2 heterocycles. The summed E-state index contributed by atoms with van der Waals surface area (Å²) in [6, 6.07) is 3.71. The normalized spacial score (nSPS) is 10.1. The van der Waals surface area contributed by atoms with E-state index in [9.17, 15) is 0 Å². The van der Waals surface area contributed by atoms with Crippen LogP contribution in [-0.4, -0.2) is 41.1 Å². The molecule has 0 aliphatic heterocycles. The number of anilines is 3. The van der Waals surface area contributed by atoms with Crippen molar-refractivity contribution >= 4 is 17.8 Å². The van der Waals surface area contributed by atoms with Gasteiger partial charge in [0.2, 0.25) is 23.7 Å². The lowest BCUT2D eigenvalue weighted by Gasteiger charge is -2.13. The molecule has 0 bridgehead atoms. The second kappa shape index (κ2) is 6.66. The molecule has 0 aliphatic rings. The Balaban J connectivity index is 2.09. The summed E-state index contributed by atoms with van der Waals surface area (Å²) in [5, 5.41) is 3.10. The molecule has 9 heteroatoms. The minimum Gasteiger partial charge on any atom is -0.481 e. The molecule has 2 rings (SSSR count). The van der Waals surface area contributed by atoms with Crippen LogP contribution >= 0.6 is 0 Å². The first-order chi connectivity index (χ1) is 10.1. The summed E-state index contributed by atoms with van der Waals surface area (Å²) in [6.07, 6.45) is 1.72. The number of aromatic nitrogens is 4. The third-order valence-electron chi connectivity index (χ3n) is 2.61. The maximum absolute atomic E-state index is 5.35. The molecule has 0 aliphatic carbocycles. The van der Waals surface area contributed by atoms with Gasteiger partial charge in [-0.1, -0.05) is 6.07 Å². The number of hydrogen-bond acceptors (Lipinski definition) is 9. The van der Waals surface area contributed by atoms with E-state index in [1.807, 2.05) is 20.2 Å². The summed E-state index contributed by atoms with van der Waals surface area (Å²) >= 11 is 0. The van der Waals surface area contributed by atoms with Crippen LogP contribution in [0.2, 0.25) is 0 Å². The highest BCUT2D eigenvalue weighted by molar-refractivity contribution is 5.42. The quantitative estimate of drug-likeness (QED) is 0.508. The van der Waals surface area contributed by atoms with Gasteiger partial charge in [-0.25, -0.2) is 10.8 Å². The zero-order valence-electron chi connectivity index (χ0n) is 12.2. The van der Waals surface area contributed by atoms with Crippen molar-refractivity contribution in [2.24, 2.45) is 5.84 Å². The van der Waals surface area contributed by atoms with Gasteiger partial charge in [0.05, 0.1) is 7.11 Å². The summed E-state index contributed by atoms with van der Waals surface area (Å²) < 4.78 is 5.01. The molecule has 0 amide bonds. The first-order valence-electron chi connectivity index (χ1n) is 6.25. The Hall–Kier alpha value is -2.68. The Morgan fingerprint density at radius 2 is 1.95 bits per heavy atom. The third kappa shape index (κ3) is 3.89. The van der Waals surface area contributed by atoms with E-state index in [1.165, 1.54) is 0 Å². The standard InChI is InChI=1S/C12H18N8O/c1-20(2)12-17-10(16-11(18-12)19-13)15-7-8-4-5-9(21-3)14-6-8/h4-6H,7,13H2,1-3H3,(H2,15,16,17,18,19). The Kier molecular flexibility index (Phi) is 4.67. The fourth-order valence-electron chi connectivity index (χ4n) is 1.53. The number of hydrazine groups is 1. The second-order valence-corrected chi connectivity index (χ2v) is 4.38. The molecular weight excluding hydrogens is 272 g/mol. The van der Waals surface area contributed by atoms with Crippen LogP contribution in [0.4, 0.5) is 17.8 Å². The van der Waals surface area contributed by atoms with Gasteiger partial charge in [0.25, 0.3) is 0 Å². The van der Waals surface area contributed by atoms with Crippen molar-refractivity contribution in [1.29, 1.82) is 0 Å². The zero-order chi connectivity index (χ0) is 15.2. The molecule has 2 aromatic heterocycles. The molecule has 2 aromatic rings. The lowest BCUT2D eigenvalue weighted by atomic mass is 10.3. The fraction of sp³-hybridized carbons (Fsp3) is 0.333. The number of methoxy groups -OCH3 is 1. The van der Waals surface area contributed by atoms with Crippen molar-refractivity contribution in [3.05, 3.63) is 23.9 Å². The SMILES string of the molecule is COc1ccc(CNc2nc(NN)nc(N(C)C)n2)cn1. The number of nitrogens with one attached hydrogen (secondary N) is 2. The van der Waals surface area contributed by atoms with Crippen LogP contribution in [0.3, 0.4) is 0 Å². The van der Waals surface area contributed by atoms with Gasteiger partial charge in [-0.05, 0) is 5.56 Å². The second-order valence-electron chi connectivity index (χ2n) is 4.38. The molecule has 112 valence electrons. The maximum atomic E-state index is 5.35. The third-order valence-corrected chi connectivity index (χ3v) is 2.61. The van der Waals surface area contributed by atoms with Crippen molar-refractivity contribution in [1.82, 2.24) is 19.9 Å². The lowest BCUT2D eigenvalue weighted by Crippen LogP contribution is -2.19. The Morgan fingerprint density at radius 3 is 2.52 bits per heavy atom. The van der Waals surface area contributed by atoms with E-state index in [0.29, 0.717) is 30.3 Å². The van der Waals surface area contributed by atoms with Crippen LogP contribution in [0.1, 0.15) is 5.56 Å².